The van der Waals surface area contributed by atoms with Gasteiger partial charge in [-0.2, -0.15) is 0 Å². The van der Waals surface area contributed by atoms with Gasteiger partial charge in [-0.15, -0.1) is 0 Å². The molecular formula is C14H15F2NO3. The molecule has 1 aromatic carbocycles. The van der Waals surface area contributed by atoms with Gasteiger partial charge in [-0.1, -0.05) is 6.07 Å². The molecule has 1 aliphatic rings. The van der Waals surface area contributed by atoms with Crippen molar-refractivity contribution in [3.05, 3.63) is 35.4 Å². The highest BCUT2D eigenvalue weighted by Crippen LogP contribution is 2.18. The Morgan fingerprint density at radius 2 is 2.10 bits per heavy atom. The Bertz CT molecular complexity index is 533. The Kier molecular flexibility index (Phi) is 4.32. The van der Waals surface area contributed by atoms with Gasteiger partial charge in [0.1, 0.15) is 11.6 Å². The smallest absolute Gasteiger partial charge is 0.308 e. The van der Waals surface area contributed by atoms with Crippen molar-refractivity contribution in [3.8, 4) is 0 Å². The Hall–Kier alpha value is -1.98. The number of likely N-dealkylation sites (tertiary alicyclic amines) is 1. The molecular weight excluding hydrogens is 268 g/mol. The SMILES string of the molecule is O=C(O)C1CCCN(C(=O)Cc2ccc(F)cc2F)C1. The molecule has 1 amide bonds. The number of hydrogen-bond acceptors (Lipinski definition) is 2. The lowest BCUT2D eigenvalue weighted by molar-refractivity contribution is -0.145. The van der Waals surface area contributed by atoms with E-state index in [-0.39, 0.29) is 24.4 Å². The van der Waals surface area contributed by atoms with Crippen LogP contribution in [0.1, 0.15) is 18.4 Å². The molecule has 1 fully saturated rings. The molecule has 0 aromatic heterocycles. The van der Waals surface area contributed by atoms with E-state index in [1.165, 1.54) is 11.0 Å². The normalized spacial score (nSPS) is 18.9. The van der Waals surface area contributed by atoms with Gasteiger partial charge in [0.2, 0.25) is 5.91 Å². The lowest BCUT2D eigenvalue weighted by Crippen LogP contribution is -2.43. The summed E-state index contributed by atoms with van der Waals surface area (Å²) < 4.78 is 26.3. The van der Waals surface area contributed by atoms with Crippen LogP contribution in [0.25, 0.3) is 0 Å². The number of aliphatic carboxylic acids is 1. The van der Waals surface area contributed by atoms with Gasteiger partial charge in [0.25, 0.3) is 0 Å². The number of amides is 1. The highest BCUT2D eigenvalue weighted by atomic mass is 19.1. The Morgan fingerprint density at radius 1 is 1.35 bits per heavy atom. The number of carboxylic acid groups (broad SMARTS) is 1. The third-order valence-electron chi connectivity index (χ3n) is 3.48. The average molecular weight is 283 g/mol. The van der Waals surface area contributed by atoms with E-state index in [1.807, 2.05) is 0 Å². The molecule has 1 aliphatic heterocycles. The van der Waals surface area contributed by atoms with Crippen LogP contribution in [0, 0.1) is 17.6 Å². The van der Waals surface area contributed by atoms with Crippen LogP contribution in [-0.2, 0) is 16.0 Å². The first-order valence-electron chi connectivity index (χ1n) is 6.42. The Balaban J connectivity index is 2.02. The highest BCUT2D eigenvalue weighted by molar-refractivity contribution is 5.80. The van der Waals surface area contributed by atoms with Gasteiger partial charge in [0, 0.05) is 19.2 Å². The van der Waals surface area contributed by atoms with Crippen molar-refractivity contribution in [2.24, 2.45) is 5.92 Å². The van der Waals surface area contributed by atoms with E-state index < -0.39 is 23.5 Å². The third-order valence-corrected chi connectivity index (χ3v) is 3.48. The molecule has 0 spiro atoms. The van der Waals surface area contributed by atoms with Crippen molar-refractivity contribution < 1.29 is 23.5 Å². The molecule has 2 rings (SSSR count). The summed E-state index contributed by atoms with van der Waals surface area (Å²) in [5.41, 5.74) is 0.119. The summed E-state index contributed by atoms with van der Waals surface area (Å²) in [4.78, 5) is 24.4. The molecule has 0 aliphatic carbocycles. The van der Waals surface area contributed by atoms with Crippen LogP contribution in [0.15, 0.2) is 18.2 Å². The van der Waals surface area contributed by atoms with Crippen molar-refractivity contribution in [3.63, 3.8) is 0 Å². The van der Waals surface area contributed by atoms with Crippen molar-refractivity contribution in [1.82, 2.24) is 4.90 Å². The predicted octanol–water partition coefficient (Wildman–Crippen LogP) is 1.83. The number of carbonyl (C=O) groups excluding carboxylic acids is 1. The predicted molar refractivity (Wildman–Crippen MR) is 67.0 cm³/mol. The minimum absolute atomic E-state index is 0.119. The van der Waals surface area contributed by atoms with Gasteiger partial charge in [0.15, 0.2) is 0 Å². The largest absolute Gasteiger partial charge is 0.481 e. The molecule has 1 saturated heterocycles. The number of hydrogen-bond donors (Lipinski definition) is 1. The van der Waals surface area contributed by atoms with Gasteiger partial charge in [0.05, 0.1) is 12.3 Å². The van der Waals surface area contributed by atoms with Crippen LogP contribution in [0.5, 0.6) is 0 Å². The van der Waals surface area contributed by atoms with E-state index in [0.29, 0.717) is 19.4 Å². The van der Waals surface area contributed by atoms with Crippen LogP contribution in [0.3, 0.4) is 0 Å². The van der Waals surface area contributed by atoms with E-state index in [2.05, 4.69) is 0 Å². The van der Waals surface area contributed by atoms with E-state index in [4.69, 9.17) is 5.11 Å². The third kappa shape index (κ3) is 3.31. The summed E-state index contributed by atoms with van der Waals surface area (Å²) in [5.74, 6) is -3.27. The van der Waals surface area contributed by atoms with Crippen LogP contribution in [-0.4, -0.2) is 35.0 Å². The topological polar surface area (TPSA) is 57.6 Å². The lowest BCUT2D eigenvalue weighted by atomic mass is 9.97. The number of halogens is 2. The maximum Gasteiger partial charge on any atom is 0.308 e. The Labute approximate surface area is 115 Å². The van der Waals surface area contributed by atoms with Crippen LogP contribution < -0.4 is 0 Å². The number of benzene rings is 1. The number of nitrogens with zero attached hydrogens (tertiary/aromatic N) is 1. The van der Waals surface area contributed by atoms with Gasteiger partial charge >= 0.3 is 5.97 Å². The molecule has 1 heterocycles. The molecule has 1 atom stereocenters. The minimum atomic E-state index is -0.921. The standard InChI is InChI=1S/C14H15F2NO3/c15-11-4-3-9(12(16)7-11)6-13(18)17-5-1-2-10(8-17)14(19)20/h3-4,7,10H,1-2,5-6,8H2,(H,19,20). The summed E-state index contributed by atoms with van der Waals surface area (Å²) in [6, 6.07) is 3.07. The second kappa shape index (κ2) is 5.98. The van der Waals surface area contributed by atoms with Gasteiger partial charge < -0.3 is 10.0 Å². The van der Waals surface area contributed by atoms with Crippen molar-refractivity contribution in [2.45, 2.75) is 19.3 Å². The molecule has 6 heteroatoms. The number of carbonyl (C=O) groups is 2. The zero-order valence-electron chi connectivity index (χ0n) is 10.8. The Morgan fingerprint density at radius 3 is 2.75 bits per heavy atom. The average Bonchev–Trinajstić information content (AvgIpc) is 2.42. The van der Waals surface area contributed by atoms with E-state index >= 15 is 0 Å². The second-order valence-electron chi connectivity index (χ2n) is 4.93. The fourth-order valence-electron chi connectivity index (χ4n) is 2.35. The fraction of sp³-hybridized carbons (Fsp3) is 0.429. The van der Waals surface area contributed by atoms with Gasteiger partial charge in [-0.25, -0.2) is 8.78 Å². The van der Waals surface area contributed by atoms with Crippen LogP contribution in [0.4, 0.5) is 8.78 Å². The first-order chi connectivity index (χ1) is 9.47. The molecule has 0 radical (unpaired) electrons. The molecule has 0 bridgehead atoms. The second-order valence-corrected chi connectivity index (χ2v) is 4.93. The monoisotopic (exact) mass is 283 g/mol. The quantitative estimate of drug-likeness (QED) is 0.920. The van der Waals surface area contributed by atoms with Crippen molar-refractivity contribution >= 4 is 11.9 Å². The molecule has 0 saturated carbocycles. The van der Waals surface area contributed by atoms with Gasteiger partial charge in [-0.3, -0.25) is 9.59 Å². The minimum Gasteiger partial charge on any atom is -0.481 e. The van der Waals surface area contributed by atoms with Crippen LogP contribution in [0.2, 0.25) is 0 Å². The number of rotatable bonds is 3. The number of piperidine rings is 1. The maximum absolute atomic E-state index is 13.5. The molecule has 1 unspecified atom stereocenters. The molecule has 108 valence electrons. The molecule has 1 N–H and O–H groups in total. The fourth-order valence-corrected chi connectivity index (χ4v) is 2.35. The van der Waals surface area contributed by atoms with E-state index in [0.717, 1.165) is 12.1 Å². The first kappa shape index (κ1) is 14.4. The highest BCUT2D eigenvalue weighted by Gasteiger charge is 2.28. The summed E-state index contributed by atoms with van der Waals surface area (Å²) in [6.07, 6.45) is 0.983. The van der Waals surface area contributed by atoms with Gasteiger partial charge in [-0.05, 0) is 24.5 Å². The summed E-state index contributed by atoms with van der Waals surface area (Å²) in [5, 5.41) is 8.96. The maximum atomic E-state index is 13.5. The molecule has 1 aromatic rings. The summed E-state index contributed by atoms with van der Waals surface area (Å²) in [6.45, 7) is 0.627. The van der Waals surface area contributed by atoms with Crippen molar-refractivity contribution in [2.75, 3.05) is 13.1 Å². The summed E-state index contributed by atoms with van der Waals surface area (Å²) in [7, 11) is 0. The van der Waals surface area contributed by atoms with Crippen LogP contribution >= 0.6 is 0 Å². The molecule has 20 heavy (non-hydrogen) atoms. The zero-order chi connectivity index (χ0) is 14.7. The van der Waals surface area contributed by atoms with E-state index in [1.54, 1.807) is 0 Å². The number of carboxylic acids is 1. The zero-order valence-corrected chi connectivity index (χ0v) is 10.8. The lowest BCUT2D eigenvalue weighted by Gasteiger charge is -2.30. The van der Waals surface area contributed by atoms with E-state index in [9.17, 15) is 18.4 Å². The summed E-state index contributed by atoms with van der Waals surface area (Å²) >= 11 is 0. The molecule has 4 nitrogen and oxygen atoms in total. The van der Waals surface area contributed by atoms with Crippen molar-refractivity contribution in [1.29, 1.82) is 0 Å². The first-order valence-corrected chi connectivity index (χ1v) is 6.42.